The van der Waals surface area contributed by atoms with E-state index in [1.807, 2.05) is 0 Å². The van der Waals surface area contributed by atoms with Crippen molar-refractivity contribution >= 4 is 6.21 Å². The highest BCUT2D eigenvalue weighted by Crippen LogP contribution is 2.11. The van der Waals surface area contributed by atoms with Crippen molar-refractivity contribution in [1.82, 2.24) is 36.4 Å². The molecule has 3 rings (SSSR count). The first-order chi connectivity index (χ1) is 17.9. The van der Waals surface area contributed by atoms with Crippen LogP contribution in [0.4, 0.5) is 0 Å². The smallest absolute Gasteiger partial charge is 0.0513 e. The molecule has 0 spiro atoms. The first kappa shape index (κ1) is 29.2. The minimum absolute atomic E-state index is 0.889. The Labute approximate surface area is 220 Å². The van der Waals surface area contributed by atoms with Crippen molar-refractivity contribution in [2.75, 3.05) is 98.2 Å². The second kappa shape index (κ2) is 19.7. The molecule has 2 aliphatic heterocycles. The third-order valence-electron chi connectivity index (χ3n) is 6.88. The van der Waals surface area contributed by atoms with Gasteiger partial charge < -0.3 is 26.6 Å². The summed E-state index contributed by atoms with van der Waals surface area (Å²) in [7, 11) is 0. The van der Waals surface area contributed by atoms with Gasteiger partial charge in [-0.25, -0.2) is 0 Å². The summed E-state index contributed by atoms with van der Waals surface area (Å²) >= 11 is 0. The van der Waals surface area contributed by atoms with Crippen LogP contribution in [0.15, 0.2) is 29.3 Å². The Morgan fingerprint density at radius 2 is 1.03 bits per heavy atom. The zero-order valence-corrected chi connectivity index (χ0v) is 22.6. The molecule has 0 aliphatic carbocycles. The fraction of sp³-hybridized carbons (Fsp3) is 0.750. The Bertz CT molecular complexity index is 667. The van der Waals surface area contributed by atoms with Crippen LogP contribution in [0.2, 0.25) is 0 Å². The zero-order valence-electron chi connectivity index (χ0n) is 22.6. The van der Waals surface area contributed by atoms with E-state index in [0.29, 0.717) is 0 Å². The number of hydrogen-bond acceptors (Lipinski definition) is 8. The molecule has 8 nitrogen and oxygen atoms in total. The molecule has 0 saturated carbocycles. The highest BCUT2D eigenvalue weighted by atomic mass is 15.1. The first-order valence-corrected chi connectivity index (χ1v) is 14.4. The van der Waals surface area contributed by atoms with Crippen molar-refractivity contribution in [3.05, 3.63) is 35.4 Å². The molecule has 2 aliphatic rings. The molecule has 0 bridgehead atoms. The summed E-state index contributed by atoms with van der Waals surface area (Å²) in [4.78, 5) is 9.81. The predicted molar refractivity (Wildman–Crippen MR) is 153 cm³/mol. The van der Waals surface area contributed by atoms with E-state index in [2.05, 4.69) is 71.9 Å². The molecular weight excluding hydrogens is 448 g/mol. The second-order valence-electron chi connectivity index (χ2n) is 10.1. The van der Waals surface area contributed by atoms with Crippen LogP contribution in [0.3, 0.4) is 0 Å². The summed E-state index contributed by atoms with van der Waals surface area (Å²) in [5.74, 6) is 0. The van der Waals surface area contributed by atoms with E-state index < -0.39 is 0 Å². The summed E-state index contributed by atoms with van der Waals surface area (Å²) in [6.45, 7) is 18.0. The summed E-state index contributed by atoms with van der Waals surface area (Å²) in [5.41, 5.74) is 2.82. The standard InChI is InChI=1S/C28H52N8/c1-9-29-15-17-31-13-3-21-35(23-19-33-11-1)25-27-5-7-28(8-6-27)26-36-22-4-14-32-18-16-30-10-2-12-34-20-24-36/h5-8,11,29-32,34H,1-4,9-10,12-26H2. The topological polar surface area (TPSA) is 79.0 Å². The van der Waals surface area contributed by atoms with Crippen molar-refractivity contribution in [2.24, 2.45) is 4.99 Å². The third kappa shape index (κ3) is 13.8. The van der Waals surface area contributed by atoms with Gasteiger partial charge in [0.25, 0.3) is 0 Å². The number of benzene rings is 1. The van der Waals surface area contributed by atoms with Crippen LogP contribution in [0.25, 0.3) is 0 Å². The summed E-state index contributed by atoms with van der Waals surface area (Å²) in [6, 6.07) is 9.36. The maximum absolute atomic E-state index is 4.64. The van der Waals surface area contributed by atoms with Gasteiger partial charge in [-0.3, -0.25) is 14.8 Å². The lowest BCUT2D eigenvalue weighted by atomic mass is 10.1. The fourth-order valence-electron chi connectivity index (χ4n) is 4.76. The molecular formula is C28H52N8. The molecule has 1 aromatic carbocycles. The number of rotatable bonds is 4. The molecule has 5 N–H and O–H groups in total. The van der Waals surface area contributed by atoms with E-state index >= 15 is 0 Å². The van der Waals surface area contributed by atoms with Crippen LogP contribution in [-0.4, -0.2) is 114 Å². The summed E-state index contributed by atoms with van der Waals surface area (Å²) < 4.78 is 0. The van der Waals surface area contributed by atoms with Crippen LogP contribution in [0.5, 0.6) is 0 Å². The highest BCUT2D eigenvalue weighted by molar-refractivity contribution is 5.57. The minimum Gasteiger partial charge on any atom is -0.315 e. The summed E-state index contributed by atoms with van der Waals surface area (Å²) in [6.07, 6.45) is 6.67. The van der Waals surface area contributed by atoms with Gasteiger partial charge in [0.05, 0.1) is 6.54 Å². The van der Waals surface area contributed by atoms with Gasteiger partial charge in [-0.05, 0) is 82.3 Å². The molecule has 1 fully saturated rings. The van der Waals surface area contributed by atoms with Gasteiger partial charge in [0, 0.05) is 65.4 Å². The normalized spacial score (nSPS) is 22.4. The minimum atomic E-state index is 0.889. The van der Waals surface area contributed by atoms with Crippen LogP contribution in [0, 0.1) is 0 Å². The van der Waals surface area contributed by atoms with Crippen molar-refractivity contribution in [3.63, 3.8) is 0 Å². The average Bonchev–Trinajstić information content (AvgIpc) is 2.89. The van der Waals surface area contributed by atoms with E-state index in [1.54, 1.807) is 0 Å². The molecule has 8 heteroatoms. The molecule has 0 atom stereocenters. The largest absolute Gasteiger partial charge is 0.315 e. The molecule has 1 saturated heterocycles. The van der Waals surface area contributed by atoms with Crippen LogP contribution in [-0.2, 0) is 13.1 Å². The van der Waals surface area contributed by atoms with Gasteiger partial charge in [-0.2, -0.15) is 0 Å². The third-order valence-corrected chi connectivity index (χ3v) is 6.88. The SMILES string of the molecule is C1=NCCN(Cc2ccc(CN3CCCNCCNCCCNCC3)cc2)CCCNCCNCC1. The Morgan fingerprint density at radius 1 is 0.528 bits per heavy atom. The quantitative estimate of drug-likeness (QED) is 0.420. The lowest BCUT2D eigenvalue weighted by Gasteiger charge is -2.24. The Balaban J connectivity index is 1.47. The van der Waals surface area contributed by atoms with Gasteiger partial charge in [0.15, 0.2) is 0 Å². The van der Waals surface area contributed by atoms with Crippen LogP contribution < -0.4 is 26.6 Å². The molecule has 0 unspecified atom stereocenters. The summed E-state index contributed by atoms with van der Waals surface area (Å²) in [5, 5.41) is 17.7. The molecule has 1 aromatic rings. The van der Waals surface area contributed by atoms with Crippen molar-refractivity contribution in [1.29, 1.82) is 0 Å². The number of nitrogens with one attached hydrogen (secondary N) is 5. The van der Waals surface area contributed by atoms with Crippen molar-refractivity contribution < 1.29 is 0 Å². The zero-order chi connectivity index (χ0) is 24.9. The van der Waals surface area contributed by atoms with Crippen molar-refractivity contribution in [3.8, 4) is 0 Å². The Hall–Kier alpha value is -1.39. The lowest BCUT2D eigenvalue weighted by molar-refractivity contribution is 0.259. The van der Waals surface area contributed by atoms with Crippen LogP contribution in [0.1, 0.15) is 36.8 Å². The van der Waals surface area contributed by atoms with Gasteiger partial charge in [-0.15, -0.1) is 0 Å². The van der Waals surface area contributed by atoms with E-state index in [9.17, 15) is 0 Å². The molecule has 204 valence electrons. The highest BCUT2D eigenvalue weighted by Gasteiger charge is 2.09. The first-order valence-electron chi connectivity index (χ1n) is 14.4. The second-order valence-corrected chi connectivity index (χ2v) is 10.1. The molecule has 0 amide bonds. The van der Waals surface area contributed by atoms with Gasteiger partial charge in [0.2, 0.25) is 0 Å². The Morgan fingerprint density at radius 3 is 1.64 bits per heavy atom. The van der Waals surface area contributed by atoms with Gasteiger partial charge >= 0.3 is 0 Å². The fourth-order valence-corrected chi connectivity index (χ4v) is 4.76. The predicted octanol–water partition coefficient (Wildman–Crippen LogP) is 0.897. The molecule has 36 heavy (non-hydrogen) atoms. The van der Waals surface area contributed by atoms with Crippen LogP contribution >= 0.6 is 0 Å². The van der Waals surface area contributed by atoms with Crippen molar-refractivity contribution in [2.45, 2.75) is 38.8 Å². The monoisotopic (exact) mass is 500 g/mol. The number of hydrogen-bond donors (Lipinski definition) is 5. The van der Waals surface area contributed by atoms with E-state index in [1.165, 1.54) is 30.4 Å². The lowest BCUT2D eigenvalue weighted by Crippen LogP contribution is -2.36. The maximum atomic E-state index is 4.64. The number of nitrogens with zero attached hydrogens (tertiary/aromatic N) is 3. The molecule has 0 radical (unpaired) electrons. The van der Waals surface area contributed by atoms with E-state index in [0.717, 1.165) is 118 Å². The average molecular weight is 501 g/mol. The van der Waals surface area contributed by atoms with Gasteiger partial charge in [-0.1, -0.05) is 24.3 Å². The number of aliphatic imine (C=N–C) groups is 1. The maximum Gasteiger partial charge on any atom is 0.0513 e. The molecule has 2 heterocycles. The van der Waals surface area contributed by atoms with Gasteiger partial charge in [0.1, 0.15) is 0 Å². The van der Waals surface area contributed by atoms with E-state index in [4.69, 9.17) is 0 Å². The van der Waals surface area contributed by atoms with E-state index in [-0.39, 0.29) is 0 Å². The Kier molecular flexibility index (Phi) is 16.0. The molecule has 0 aromatic heterocycles.